The number of likely N-dealkylation sites (N-methyl/N-ethyl adjacent to an activating group) is 2. The molecule has 120 valence electrons. The molecule has 0 unspecified atom stereocenters. The Hall–Kier alpha value is -2.20. The third-order valence-corrected chi connectivity index (χ3v) is 4.59. The van der Waals surface area contributed by atoms with E-state index < -0.39 is 0 Å². The van der Waals surface area contributed by atoms with E-state index in [1.54, 1.807) is 6.20 Å². The Morgan fingerprint density at radius 3 is 2.70 bits per heavy atom. The number of benzene rings is 1. The summed E-state index contributed by atoms with van der Waals surface area (Å²) in [6, 6.07) is 14.6. The summed E-state index contributed by atoms with van der Waals surface area (Å²) in [5.74, 6) is 0.121. The van der Waals surface area contributed by atoms with Crippen LogP contribution in [0.3, 0.4) is 0 Å². The molecule has 1 amide bonds. The van der Waals surface area contributed by atoms with Gasteiger partial charge in [0.15, 0.2) is 0 Å². The van der Waals surface area contributed by atoms with Crippen LogP contribution in [0.25, 0.3) is 0 Å². The van der Waals surface area contributed by atoms with E-state index in [4.69, 9.17) is 0 Å². The lowest BCUT2D eigenvalue weighted by Gasteiger charge is -2.36. The second kappa shape index (κ2) is 6.92. The van der Waals surface area contributed by atoms with Crippen molar-refractivity contribution < 1.29 is 4.79 Å². The van der Waals surface area contributed by atoms with Crippen molar-refractivity contribution in [2.75, 3.05) is 20.6 Å². The lowest BCUT2D eigenvalue weighted by molar-refractivity contribution is -0.130. The summed E-state index contributed by atoms with van der Waals surface area (Å²) in [5.41, 5.74) is 3.63. The highest BCUT2D eigenvalue weighted by Crippen LogP contribution is 2.22. The molecule has 3 rings (SSSR count). The highest BCUT2D eigenvalue weighted by Gasteiger charge is 2.25. The number of hydrogen-bond donors (Lipinski definition) is 0. The monoisotopic (exact) mass is 309 g/mol. The molecule has 1 aromatic carbocycles. The highest BCUT2D eigenvalue weighted by molar-refractivity contribution is 5.78. The van der Waals surface area contributed by atoms with Gasteiger partial charge in [-0.25, -0.2) is 0 Å². The molecule has 0 radical (unpaired) electrons. The number of carbonyl (C=O) groups excluding carboxylic acids is 1. The summed E-state index contributed by atoms with van der Waals surface area (Å²) in [5, 5.41) is 0. The number of pyridine rings is 1. The van der Waals surface area contributed by atoms with Crippen LogP contribution in [0.15, 0.2) is 48.7 Å². The minimum absolute atomic E-state index is 0.121. The first-order valence-electron chi connectivity index (χ1n) is 8.04. The molecule has 0 saturated heterocycles. The van der Waals surface area contributed by atoms with Crippen LogP contribution in [0.2, 0.25) is 0 Å². The van der Waals surface area contributed by atoms with Crippen LogP contribution in [0.5, 0.6) is 0 Å². The van der Waals surface area contributed by atoms with Gasteiger partial charge in [-0.05, 0) is 36.7 Å². The summed E-state index contributed by atoms with van der Waals surface area (Å²) in [6.07, 6.45) is 3.09. The molecule has 0 fully saturated rings. The van der Waals surface area contributed by atoms with E-state index in [2.05, 4.69) is 41.2 Å². The number of carbonyl (C=O) groups is 1. The molecular formula is C19H23N3O. The van der Waals surface area contributed by atoms with Gasteiger partial charge in [-0.2, -0.15) is 0 Å². The second-order valence-corrected chi connectivity index (χ2v) is 6.31. The van der Waals surface area contributed by atoms with Gasteiger partial charge in [0.2, 0.25) is 5.91 Å². The van der Waals surface area contributed by atoms with Gasteiger partial charge in [-0.15, -0.1) is 0 Å². The number of fused-ring (bicyclic) bond motifs is 1. The Morgan fingerprint density at radius 1 is 1.22 bits per heavy atom. The molecule has 1 aliphatic heterocycles. The van der Waals surface area contributed by atoms with Crippen molar-refractivity contribution in [2.45, 2.75) is 25.4 Å². The highest BCUT2D eigenvalue weighted by atomic mass is 16.2. The molecule has 23 heavy (non-hydrogen) atoms. The van der Waals surface area contributed by atoms with Gasteiger partial charge in [0.1, 0.15) is 0 Å². The van der Waals surface area contributed by atoms with Crippen LogP contribution in [-0.2, 0) is 24.2 Å². The molecule has 1 atom stereocenters. The average Bonchev–Trinajstić information content (AvgIpc) is 2.56. The van der Waals surface area contributed by atoms with Gasteiger partial charge in [-0.1, -0.05) is 30.3 Å². The Morgan fingerprint density at radius 2 is 1.96 bits per heavy atom. The third-order valence-electron chi connectivity index (χ3n) is 4.59. The van der Waals surface area contributed by atoms with E-state index in [1.807, 2.05) is 30.1 Å². The van der Waals surface area contributed by atoms with Gasteiger partial charge in [-0.3, -0.25) is 14.7 Å². The zero-order valence-corrected chi connectivity index (χ0v) is 13.8. The minimum atomic E-state index is 0.121. The molecule has 0 N–H and O–H groups in total. The minimum Gasteiger partial charge on any atom is -0.344 e. The van der Waals surface area contributed by atoms with Crippen LogP contribution < -0.4 is 0 Å². The summed E-state index contributed by atoms with van der Waals surface area (Å²) < 4.78 is 0. The quantitative estimate of drug-likeness (QED) is 0.868. The summed E-state index contributed by atoms with van der Waals surface area (Å²) in [7, 11) is 4.03. The SMILES string of the molecule is CN(C[C@H]1Cc2ccccc2CN1C)C(=O)Cc1ccccn1. The fourth-order valence-corrected chi connectivity index (χ4v) is 3.13. The van der Waals surface area contributed by atoms with Crippen LogP contribution >= 0.6 is 0 Å². The predicted molar refractivity (Wildman–Crippen MR) is 91.0 cm³/mol. The molecule has 1 aliphatic rings. The maximum absolute atomic E-state index is 12.4. The van der Waals surface area contributed by atoms with Gasteiger partial charge >= 0.3 is 0 Å². The number of hydrogen-bond acceptors (Lipinski definition) is 3. The Balaban J connectivity index is 1.61. The molecule has 1 aromatic heterocycles. The van der Waals surface area contributed by atoms with Crippen molar-refractivity contribution in [2.24, 2.45) is 0 Å². The first-order chi connectivity index (χ1) is 11.1. The molecule has 2 aromatic rings. The van der Waals surface area contributed by atoms with Gasteiger partial charge in [0.05, 0.1) is 6.42 Å². The second-order valence-electron chi connectivity index (χ2n) is 6.31. The van der Waals surface area contributed by atoms with Crippen LogP contribution in [0.4, 0.5) is 0 Å². The zero-order chi connectivity index (χ0) is 16.2. The number of aromatic nitrogens is 1. The smallest absolute Gasteiger partial charge is 0.228 e. The Kier molecular flexibility index (Phi) is 4.72. The molecule has 0 aliphatic carbocycles. The van der Waals surface area contributed by atoms with Crippen molar-refractivity contribution in [3.05, 3.63) is 65.5 Å². The summed E-state index contributed by atoms with van der Waals surface area (Å²) in [6.45, 7) is 1.69. The van der Waals surface area contributed by atoms with E-state index in [9.17, 15) is 4.79 Å². The van der Waals surface area contributed by atoms with Crippen molar-refractivity contribution in [3.8, 4) is 0 Å². The van der Waals surface area contributed by atoms with E-state index in [1.165, 1.54) is 11.1 Å². The van der Waals surface area contributed by atoms with Gasteiger partial charge < -0.3 is 4.90 Å². The van der Waals surface area contributed by atoms with E-state index in [0.29, 0.717) is 12.5 Å². The third kappa shape index (κ3) is 3.77. The van der Waals surface area contributed by atoms with Crippen molar-refractivity contribution in [1.82, 2.24) is 14.8 Å². The Bertz CT molecular complexity index is 671. The average molecular weight is 309 g/mol. The predicted octanol–water partition coefficient (Wildman–Crippen LogP) is 2.14. The van der Waals surface area contributed by atoms with Crippen LogP contribution in [-0.4, -0.2) is 47.4 Å². The van der Waals surface area contributed by atoms with Crippen LogP contribution in [0.1, 0.15) is 16.8 Å². The fraction of sp³-hybridized carbons (Fsp3) is 0.368. The first-order valence-corrected chi connectivity index (χ1v) is 8.04. The van der Waals surface area contributed by atoms with Crippen molar-refractivity contribution in [3.63, 3.8) is 0 Å². The summed E-state index contributed by atoms with van der Waals surface area (Å²) >= 11 is 0. The van der Waals surface area contributed by atoms with E-state index >= 15 is 0 Å². The number of amides is 1. The fourth-order valence-electron chi connectivity index (χ4n) is 3.13. The standard InChI is InChI=1S/C19H23N3O/c1-21-13-16-8-4-3-7-15(16)11-18(21)14-22(2)19(23)12-17-9-5-6-10-20-17/h3-10,18H,11-14H2,1-2H3/t18-/m1/s1. The number of nitrogens with zero attached hydrogens (tertiary/aromatic N) is 3. The van der Waals surface area contributed by atoms with Crippen LogP contribution in [0, 0.1) is 0 Å². The van der Waals surface area contributed by atoms with E-state index in [0.717, 1.165) is 25.2 Å². The molecule has 2 heterocycles. The van der Waals surface area contributed by atoms with E-state index in [-0.39, 0.29) is 5.91 Å². The maximum Gasteiger partial charge on any atom is 0.228 e. The number of rotatable bonds is 4. The zero-order valence-electron chi connectivity index (χ0n) is 13.8. The topological polar surface area (TPSA) is 36.4 Å². The Labute approximate surface area is 137 Å². The first kappa shape index (κ1) is 15.7. The van der Waals surface area contributed by atoms with Crippen molar-refractivity contribution >= 4 is 5.91 Å². The lowest BCUT2D eigenvalue weighted by Crippen LogP contribution is -2.46. The molecule has 0 spiro atoms. The van der Waals surface area contributed by atoms with Gasteiger partial charge in [0.25, 0.3) is 0 Å². The summed E-state index contributed by atoms with van der Waals surface area (Å²) in [4.78, 5) is 20.8. The molecule has 0 saturated carbocycles. The molecule has 4 heteroatoms. The van der Waals surface area contributed by atoms with Crippen molar-refractivity contribution in [1.29, 1.82) is 0 Å². The molecular weight excluding hydrogens is 286 g/mol. The maximum atomic E-state index is 12.4. The lowest BCUT2D eigenvalue weighted by atomic mass is 9.94. The molecule has 4 nitrogen and oxygen atoms in total. The van der Waals surface area contributed by atoms with Gasteiger partial charge in [0, 0.05) is 38.1 Å². The normalized spacial score (nSPS) is 17.6. The largest absolute Gasteiger partial charge is 0.344 e. The molecule has 0 bridgehead atoms.